The summed E-state index contributed by atoms with van der Waals surface area (Å²) in [6.07, 6.45) is 12.1. The second-order valence-electron chi connectivity index (χ2n) is 7.79. The quantitative estimate of drug-likeness (QED) is 0.771. The van der Waals surface area contributed by atoms with Crippen LogP contribution in [0.15, 0.2) is 12.4 Å². The molecule has 2 heterocycles. The van der Waals surface area contributed by atoms with Crippen LogP contribution in [0.3, 0.4) is 0 Å². The zero-order valence-corrected chi connectivity index (χ0v) is 16.4. The van der Waals surface area contributed by atoms with Gasteiger partial charge in [-0.25, -0.2) is 0 Å². The van der Waals surface area contributed by atoms with Gasteiger partial charge in [-0.3, -0.25) is 14.3 Å². The first-order valence-electron chi connectivity index (χ1n) is 10.1. The molecule has 2 aliphatic rings. The molecule has 1 saturated carbocycles. The summed E-state index contributed by atoms with van der Waals surface area (Å²) in [5.41, 5.74) is 1.01. The van der Waals surface area contributed by atoms with Crippen LogP contribution in [0.4, 0.5) is 0 Å². The van der Waals surface area contributed by atoms with Gasteiger partial charge in [-0.05, 0) is 31.6 Å². The predicted octanol–water partition coefficient (Wildman–Crippen LogP) is 2.75. The Morgan fingerprint density at radius 2 is 2.07 bits per heavy atom. The van der Waals surface area contributed by atoms with Gasteiger partial charge < -0.3 is 14.8 Å². The summed E-state index contributed by atoms with van der Waals surface area (Å²) in [4.78, 5) is 22.9. The first-order valence-corrected chi connectivity index (χ1v) is 10.1. The highest BCUT2D eigenvalue weighted by Gasteiger charge is 2.36. The number of hydrogen-bond acceptors (Lipinski definition) is 5. The molecule has 150 valence electrons. The zero-order chi connectivity index (χ0) is 19.2. The molecule has 0 radical (unpaired) electrons. The van der Waals surface area contributed by atoms with Crippen molar-refractivity contribution in [1.82, 2.24) is 15.1 Å². The average molecular weight is 377 g/mol. The Morgan fingerprint density at radius 1 is 1.30 bits per heavy atom. The highest BCUT2D eigenvalue weighted by Crippen LogP contribution is 2.38. The number of methoxy groups -OCH3 is 1. The Labute approximate surface area is 160 Å². The Kier molecular flexibility index (Phi) is 6.88. The molecule has 0 spiro atoms. The fourth-order valence-corrected chi connectivity index (χ4v) is 4.36. The summed E-state index contributed by atoms with van der Waals surface area (Å²) in [6.45, 7) is 2.06. The number of rotatable bonds is 6. The van der Waals surface area contributed by atoms with Gasteiger partial charge in [0.1, 0.15) is 0 Å². The van der Waals surface area contributed by atoms with Crippen molar-refractivity contribution >= 4 is 11.9 Å². The van der Waals surface area contributed by atoms with Crippen LogP contribution in [0.5, 0.6) is 0 Å². The van der Waals surface area contributed by atoms with E-state index in [0.29, 0.717) is 18.9 Å². The summed E-state index contributed by atoms with van der Waals surface area (Å²) >= 11 is 0. The molecule has 1 N–H and O–H groups in total. The largest absolute Gasteiger partial charge is 0.469 e. The van der Waals surface area contributed by atoms with Crippen LogP contribution in [-0.4, -0.2) is 40.9 Å². The van der Waals surface area contributed by atoms with Crippen molar-refractivity contribution in [1.29, 1.82) is 0 Å². The summed E-state index contributed by atoms with van der Waals surface area (Å²) < 4.78 is 12.9. The van der Waals surface area contributed by atoms with Gasteiger partial charge in [0.25, 0.3) is 0 Å². The topological polar surface area (TPSA) is 82.5 Å². The number of nitrogens with one attached hydrogen (secondary N) is 1. The number of ether oxygens (including phenoxy) is 2. The monoisotopic (exact) mass is 377 g/mol. The molecular formula is C20H31N3O4. The van der Waals surface area contributed by atoms with Crippen LogP contribution in [0.1, 0.15) is 70.0 Å². The van der Waals surface area contributed by atoms with Gasteiger partial charge in [0.2, 0.25) is 5.91 Å². The van der Waals surface area contributed by atoms with Crippen molar-refractivity contribution in [3.63, 3.8) is 0 Å². The van der Waals surface area contributed by atoms with Gasteiger partial charge in [0, 0.05) is 24.7 Å². The average Bonchev–Trinajstić information content (AvgIpc) is 3.15. The van der Waals surface area contributed by atoms with E-state index in [2.05, 4.69) is 15.2 Å². The summed E-state index contributed by atoms with van der Waals surface area (Å²) in [5, 5.41) is 7.46. The van der Waals surface area contributed by atoms with Crippen LogP contribution in [0.25, 0.3) is 0 Å². The minimum atomic E-state index is -0.246. The predicted molar refractivity (Wildman–Crippen MR) is 99.9 cm³/mol. The Morgan fingerprint density at radius 3 is 2.78 bits per heavy atom. The number of esters is 1. The van der Waals surface area contributed by atoms with Crippen LogP contribution >= 0.6 is 0 Å². The zero-order valence-electron chi connectivity index (χ0n) is 16.4. The maximum atomic E-state index is 11.6. The molecule has 1 aromatic rings. The molecule has 27 heavy (non-hydrogen) atoms. The van der Waals surface area contributed by atoms with Crippen LogP contribution in [0, 0.1) is 5.92 Å². The molecule has 3 atom stereocenters. The highest BCUT2D eigenvalue weighted by molar-refractivity contribution is 5.73. The molecule has 0 bridgehead atoms. The Hall–Kier alpha value is -1.89. The van der Waals surface area contributed by atoms with Crippen molar-refractivity contribution in [3.05, 3.63) is 18.0 Å². The van der Waals surface area contributed by atoms with Gasteiger partial charge in [-0.1, -0.05) is 19.3 Å². The molecule has 1 aromatic heterocycles. The Balaban J connectivity index is 1.67. The lowest BCUT2D eigenvalue weighted by atomic mass is 9.80. The van der Waals surface area contributed by atoms with Crippen molar-refractivity contribution < 1.29 is 19.1 Å². The van der Waals surface area contributed by atoms with E-state index in [9.17, 15) is 9.59 Å². The third-order valence-electron chi connectivity index (χ3n) is 5.74. The number of nitrogens with zero attached hydrogens (tertiary/aromatic N) is 2. The van der Waals surface area contributed by atoms with Gasteiger partial charge in [0.15, 0.2) is 0 Å². The summed E-state index contributed by atoms with van der Waals surface area (Å²) in [5.74, 6) is 0.341. The van der Waals surface area contributed by atoms with E-state index in [-0.39, 0.29) is 30.1 Å². The molecule has 0 unspecified atom stereocenters. The van der Waals surface area contributed by atoms with Gasteiger partial charge in [-0.15, -0.1) is 0 Å². The van der Waals surface area contributed by atoms with Gasteiger partial charge in [0.05, 0.1) is 38.5 Å². The number of amides is 1. The van der Waals surface area contributed by atoms with Gasteiger partial charge in [-0.2, -0.15) is 5.10 Å². The van der Waals surface area contributed by atoms with E-state index < -0.39 is 0 Å². The number of carbonyl (C=O) groups is 2. The standard InChI is InChI=1S/C20H31N3O4/c1-14(24)22-17-10-18(15-6-4-3-5-7-15)27-19(11-17)16-12-21-23(13-16)9-8-20(25)26-2/h12-13,15,17-19H,3-11H2,1-2H3,(H,22,24)/t17-,18-,19+/m1/s1. The number of hydrogen-bond donors (Lipinski definition) is 1. The molecule has 1 aliphatic heterocycles. The van der Waals surface area contributed by atoms with E-state index in [1.54, 1.807) is 11.6 Å². The SMILES string of the molecule is COC(=O)CCn1cc([C@@H]2C[C@H](NC(C)=O)C[C@H](C3CCCCC3)O2)cn1. The van der Waals surface area contributed by atoms with Crippen LogP contribution in [-0.2, 0) is 25.6 Å². The van der Waals surface area contributed by atoms with E-state index in [1.165, 1.54) is 39.2 Å². The summed E-state index contributed by atoms with van der Waals surface area (Å²) in [6, 6.07) is 0.131. The molecule has 0 aromatic carbocycles. The lowest BCUT2D eigenvalue weighted by Crippen LogP contribution is -2.44. The molecule has 2 fully saturated rings. The van der Waals surface area contributed by atoms with Gasteiger partial charge >= 0.3 is 5.97 Å². The minimum absolute atomic E-state index is 0.0109. The van der Waals surface area contributed by atoms with E-state index in [4.69, 9.17) is 4.74 Å². The third-order valence-corrected chi connectivity index (χ3v) is 5.74. The molecule has 1 amide bonds. The smallest absolute Gasteiger partial charge is 0.307 e. The normalized spacial score (nSPS) is 26.5. The maximum Gasteiger partial charge on any atom is 0.307 e. The maximum absolute atomic E-state index is 11.6. The van der Waals surface area contributed by atoms with E-state index >= 15 is 0 Å². The van der Waals surface area contributed by atoms with Crippen LogP contribution in [0.2, 0.25) is 0 Å². The fourth-order valence-electron chi connectivity index (χ4n) is 4.36. The number of aromatic nitrogens is 2. The van der Waals surface area contributed by atoms with Crippen LogP contribution < -0.4 is 5.32 Å². The number of carbonyl (C=O) groups excluding carboxylic acids is 2. The minimum Gasteiger partial charge on any atom is -0.469 e. The van der Waals surface area contributed by atoms with Crippen molar-refractivity contribution in [2.75, 3.05) is 7.11 Å². The van der Waals surface area contributed by atoms with Crippen molar-refractivity contribution in [2.24, 2.45) is 5.92 Å². The third kappa shape index (κ3) is 5.54. The van der Waals surface area contributed by atoms with E-state index in [0.717, 1.165) is 18.4 Å². The van der Waals surface area contributed by atoms with Crippen molar-refractivity contribution in [3.8, 4) is 0 Å². The first-order chi connectivity index (χ1) is 13.0. The molecule has 1 saturated heterocycles. The molecule has 7 heteroatoms. The van der Waals surface area contributed by atoms with Crippen molar-refractivity contribution in [2.45, 2.75) is 83.1 Å². The second kappa shape index (κ2) is 9.35. The Bertz CT molecular complexity index is 639. The summed E-state index contributed by atoms with van der Waals surface area (Å²) in [7, 11) is 1.39. The molecule has 7 nitrogen and oxygen atoms in total. The molecule has 3 rings (SSSR count). The molecule has 1 aliphatic carbocycles. The first kappa shape index (κ1) is 19.9. The second-order valence-corrected chi connectivity index (χ2v) is 7.79. The molecular weight excluding hydrogens is 346 g/mol. The fraction of sp³-hybridized carbons (Fsp3) is 0.750. The lowest BCUT2D eigenvalue weighted by molar-refractivity contribution is -0.140. The highest BCUT2D eigenvalue weighted by atomic mass is 16.5. The lowest BCUT2D eigenvalue weighted by Gasteiger charge is -2.40. The van der Waals surface area contributed by atoms with E-state index in [1.807, 2.05) is 12.4 Å². The number of aryl methyl sites for hydroxylation is 1.